The number of aliphatic hydroxyl groups is 1. The van der Waals surface area contributed by atoms with E-state index in [0.717, 1.165) is 48.2 Å². The van der Waals surface area contributed by atoms with Crippen LogP contribution < -0.4 is 0 Å². The third-order valence-corrected chi connectivity index (χ3v) is 6.36. The lowest BCUT2D eigenvalue weighted by Crippen LogP contribution is -2.39. The van der Waals surface area contributed by atoms with E-state index in [1.165, 1.54) is 18.2 Å². The molecule has 1 N–H and O–H groups in total. The zero-order valence-corrected chi connectivity index (χ0v) is 20.7. The van der Waals surface area contributed by atoms with Gasteiger partial charge in [-0.25, -0.2) is 4.79 Å². The molecule has 0 bridgehead atoms. The summed E-state index contributed by atoms with van der Waals surface area (Å²) in [5.74, 6) is -0.409. The molecule has 0 aliphatic carbocycles. The summed E-state index contributed by atoms with van der Waals surface area (Å²) in [6.07, 6.45) is 0.292. The molecule has 1 aliphatic rings. The Balaban J connectivity index is 1.52. The highest BCUT2D eigenvalue weighted by Crippen LogP contribution is 2.30. The fourth-order valence-corrected chi connectivity index (χ4v) is 4.52. The molecule has 0 saturated carbocycles. The van der Waals surface area contributed by atoms with Gasteiger partial charge in [-0.15, -0.1) is 0 Å². The number of esters is 1. The molecular weight excluding hydrogens is 471 g/mol. The fraction of sp³-hybridized carbons (Fsp3) is 0.464. The predicted molar refractivity (Wildman–Crippen MR) is 132 cm³/mol. The monoisotopic (exact) mass is 505 g/mol. The van der Waals surface area contributed by atoms with Crippen LogP contribution in [0.25, 0.3) is 6.08 Å². The first-order valence-corrected chi connectivity index (χ1v) is 12.3. The number of nitrogens with zero attached hydrogens (tertiary/aromatic N) is 1. The predicted octanol–water partition coefficient (Wildman–Crippen LogP) is 5.43. The molecule has 3 rings (SSSR count). The van der Waals surface area contributed by atoms with Crippen LogP contribution in [0.2, 0.25) is 0 Å². The molecule has 8 heteroatoms. The summed E-state index contributed by atoms with van der Waals surface area (Å²) in [6, 6.07) is 13.1. The van der Waals surface area contributed by atoms with Crippen LogP contribution in [-0.2, 0) is 26.9 Å². The minimum atomic E-state index is -4.34. The molecule has 1 saturated heterocycles. The summed E-state index contributed by atoms with van der Waals surface area (Å²) in [7, 11) is 0. The van der Waals surface area contributed by atoms with Gasteiger partial charge in [0.25, 0.3) is 0 Å². The van der Waals surface area contributed by atoms with Crippen molar-refractivity contribution in [3.8, 4) is 0 Å². The number of ether oxygens (including phenoxy) is 2. The second kappa shape index (κ2) is 13.0. The molecule has 0 amide bonds. The summed E-state index contributed by atoms with van der Waals surface area (Å²) in [4.78, 5) is 13.8. The highest BCUT2D eigenvalue weighted by Gasteiger charge is 2.31. The summed E-state index contributed by atoms with van der Waals surface area (Å²) in [5, 5.41) is 10.7. The Morgan fingerprint density at radius 1 is 1.19 bits per heavy atom. The minimum absolute atomic E-state index is 0.139. The summed E-state index contributed by atoms with van der Waals surface area (Å²) in [5.41, 5.74) is 1.94. The number of alkyl halides is 3. The van der Waals surface area contributed by atoms with Crippen LogP contribution in [0, 0.1) is 0 Å². The Hall–Kier alpha value is -2.68. The quantitative estimate of drug-likeness (QED) is 0.326. The smallest absolute Gasteiger partial charge is 0.416 e. The molecule has 1 heterocycles. The van der Waals surface area contributed by atoms with E-state index >= 15 is 0 Å². The van der Waals surface area contributed by atoms with Crippen LogP contribution in [0.15, 0.2) is 54.6 Å². The van der Waals surface area contributed by atoms with Crippen LogP contribution in [0.1, 0.15) is 55.0 Å². The maximum atomic E-state index is 12.8. The van der Waals surface area contributed by atoms with E-state index in [1.807, 2.05) is 31.2 Å². The summed E-state index contributed by atoms with van der Waals surface area (Å²) in [6.45, 7) is 5.36. The van der Waals surface area contributed by atoms with Crippen molar-refractivity contribution in [2.75, 3.05) is 26.3 Å². The third kappa shape index (κ3) is 8.18. The molecule has 2 aromatic carbocycles. The average Bonchev–Trinajstić information content (AvgIpc) is 3.27. The molecule has 0 radical (unpaired) electrons. The number of hydrogen-bond acceptors (Lipinski definition) is 5. The van der Waals surface area contributed by atoms with E-state index in [0.29, 0.717) is 19.6 Å². The lowest BCUT2D eigenvalue weighted by molar-refractivity contribution is -0.138. The van der Waals surface area contributed by atoms with Gasteiger partial charge >= 0.3 is 12.1 Å². The average molecular weight is 506 g/mol. The first kappa shape index (κ1) is 27.9. The van der Waals surface area contributed by atoms with E-state index in [4.69, 9.17) is 9.47 Å². The first-order valence-electron chi connectivity index (χ1n) is 12.3. The molecule has 36 heavy (non-hydrogen) atoms. The zero-order chi connectivity index (χ0) is 26.1. The van der Waals surface area contributed by atoms with Crippen molar-refractivity contribution in [1.82, 2.24) is 4.90 Å². The number of benzene rings is 2. The molecule has 196 valence electrons. The van der Waals surface area contributed by atoms with E-state index in [2.05, 4.69) is 4.90 Å². The minimum Gasteiger partial charge on any atom is -0.463 e. The van der Waals surface area contributed by atoms with Gasteiger partial charge in [-0.3, -0.25) is 4.90 Å². The number of likely N-dealkylation sites (tertiary alicyclic amines) is 1. The second-order valence-corrected chi connectivity index (χ2v) is 9.03. The molecule has 0 spiro atoms. The van der Waals surface area contributed by atoms with Crippen molar-refractivity contribution in [2.45, 2.75) is 57.5 Å². The molecule has 5 nitrogen and oxygen atoms in total. The highest BCUT2D eigenvalue weighted by molar-refractivity contribution is 5.87. The summed E-state index contributed by atoms with van der Waals surface area (Å²) >= 11 is 0. The molecule has 0 unspecified atom stereocenters. The lowest BCUT2D eigenvalue weighted by Gasteiger charge is -2.27. The maximum absolute atomic E-state index is 12.8. The standard InChI is InChI=1S/C28H34F3NO4/c1-3-35-27(34)15-12-22-7-4-5-9-26(22)20(2)36-19-25(33)18-32-16-6-8-24(32)17-21-10-13-23(14-11-21)28(29,30)31/h4-5,7,9-15,20,24-25,33H,3,6,8,16-19H2,1-2H3/b15-12+/t20-,24+,25-/m1/s1. The van der Waals surface area contributed by atoms with E-state index in [-0.39, 0.29) is 18.8 Å². The number of hydrogen-bond donors (Lipinski definition) is 1. The number of carbonyl (C=O) groups is 1. The molecule has 1 fully saturated rings. The van der Waals surface area contributed by atoms with E-state index in [1.54, 1.807) is 13.0 Å². The number of β-amino-alcohol motifs (C(OH)–C–C–N with tert-alkyl or cyclic N) is 1. The molecule has 1 aliphatic heterocycles. The highest BCUT2D eigenvalue weighted by atomic mass is 19.4. The van der Waals surface area contributed by atoms with Gasteiger partial charge in [0, 0.05) is 18.7 Å². The number of halogens is 3. The van der Waals surface area contributed by atoms with Gasteiger partial charge in [0.15, 0.2) is 0 Å². The van der Waals surface area contributed by atoms with Crippen molar-refractivity contribution in [3.63, 3.8) is 0 Å². The van der Waals surface area contributed by atoms with E-state index < -0.39 is 23.8 Å². The van der Waals surface area contributed by atoms with Gasteiger partial charge in [0.2, 0.25) is 0 Å². The Kier molecular flexibility index (Phi) is 10.1. The van der Waals surface area contributed by atoms with Gasteiger partial charge in [0.05, 0.1) is 31.0 Å². The van der Waals surface area contributed by atoms with Crippen LogP contribution in [0.5, 0.6) is 0 Å². The number of aliphatic hydroxyl groups excluding tert-OH is 1. The van der Waals surface area contributed by atoms with Crippen molar-refractivity contribution < 1.29 is 32.5 Å². The second-order valence-electron chi connectivity index (χ2n) is 9.03. The van der Waals surface area contributed by atoms with Crippen LogP contribution in [0.4, 0.5) is 13.2 Å². The lowest BCUT2D eigenvalue weighted by atomic mass is 10.0. The van der Waals surface area contributed by atoms with Gasteiger partial charge in [-0.2, -0.15) is 13.2 Å². The van der Waals surface area contributed by atoms with Crippen LogP contribution in [0.3, 0.4) is 0 Å². The molecule has 0 aromatic heterocycles. The van der Waals surface area contributed by atoms with Gasteiger partial charge in [-0.1, -0.05) is 36.4 Å². The van der Waals surface area contributed by atoms with Crippen LogP contribution >= 0.6 is 0 Å². The molecule has 2 aromatic rings. The first-order chi connectivity index (χ1) is 17.2. The fourth-order valence-electron chi connectivity index (χ4n) is 4.52. The van der Waals surface area contributed by atoms with Crippen molar-refractivity contribution in [3.05, 3.63) is 76.9 Å². The Bertz CT molecular complexity index is 1010. The normalized spacial score (nSPS) is 18.4. The Morgan fingerprint density at radius 2 is 1.92 bits per heavy atom. The Labute approximate surface area is 210 Å². The Morgan fingerprint density at radius 3 is 2.61 bits per heavy atom. The van der Waals surface area contributed by atoms with Gasteiger partial charge < -0.3 is 14.6 Å². The van der Waals surface area contributed by atoms with Crippen LogP contribution in [-0.4, -0.2) is 54.4 Å². The zero-order valence-electron chi connectivity index (χ0n) is 20.7. The third-order valence-electron chi connectivity index (χ3n) is 6.36. The number of rotatable bonds is 11. The SMILES string of the molecule is CCOC(=O)/C=C/c1ccccc1[C@@H](C)OC[C@H](O)CN1CCC[C@H]1Cc1ccc(C(F)(F)F)cc1. The summed E-state index contributed by atoms with van der Waals surface area (Å²) < 4.78 is 49.3. The van der Waals surface area contributed by atoms with Crippen molar-refractivity contribution in [2.24, 2.45) is 0 Å². The molecule has 3 atom stereocenters. The molecular formula is C28H34F3NO4. The van der Waals surface area contributed by atoms with Crippen molar-refractivity contribution >= 4 is 12.0 Å². The van der Waals surface area contributed by atoms with Gasteiger partial charge in [0.1, 0.15) is 0 Å². The maximum Gasteiger partial charge on any atom is 0.416 e. The van der Waals surface area contributed by atoms with Gasteiger partial charge in [-0.05, 0) is 74.6 Å². The largest absolute Gasteiger partial charge is 0.463 e. The number of carbonyl (C=O) groups excluding carboxylic acids is 1. The van der Waals surface area contributed by atoms with Crippen molar-refractivity contribution in [1.29, 1.82) is 0 Å². The topological polar surface area (TPSA) is 59.0 Å². The van der Waals surface area contributed by atoms with E-state index in [9.17, 15) is 23.1 Å².